The third kappa shape index (κ3) is 2.19. The molecule has 0 unspecified atom stereocenters. The molecule has 7 nitrogen and oxygen atoms in total. The Bertz CT molecular complexity index is 633. The molecule has 2 aromatic heterocycles. The minimum Gasteiger partial charge on any atom is -0.481 e. The second-order valence-electron chi connectivity index (χ2n) is 3.34. The van der Waals surface area contributed by atoms with Crippen LogP contribution in [-0.2, 0) is 0 Å². The van der Waals surface area contributed by atoms with Gasteiger partial charge in [0.15, 0.2) is 0 Å². The van der Waals surface area contributed by atoms with Gasteiger partial charge >= 0.3 is 5.97 Å². The van der Waals surface area contributed by atoms with Gasteiger partial charge in [0.1, 0.15) is 0 Å². The van der Waals surface area contributed by atoms with Crippen LogP contribution in [-0.4, -0.2) is 33.0 Å². The normalized spacial score (nSPS) is 10.1. The summed E-state index contributed by atoms with van der Waals surface area (Å²) in [6.07, 6.45) is 2.83. The molecule has 92 valence electrons. The molecule has 2 rings (SSSR count). The van der Waals surface area contributed by atoms with E-state index in [0.29, 0.717) is 11.6 Å². The molecule has 0 saturated carbocycles. The summed E-state index contributed by atoms with van der Waals surface area (Å²) in [5, 5.41) is 12.5. The summed E-state index contributed by atoms with van der Waals surface area (Å²) in [5.41, 5.74) is -0.646. The Morgan fingerprint density at radius 3 is 2.72 bits per heavy atom. The molecule has 0 fully saturated rings. The van der Waals surface area contributed by atoms with Gasteiger partial charge in [-0.1, -0.05) is 0 Å². The van der Waals surface area contributed by atoms with E-state index in [1.54, 1.807) is 12.1 Å². The number of aromatic carboxylic acids is 1. The largest absolute Gasteiger partial charge is 0.481 e. The van der Waals surface area contributed by atoms with Crippen molar-refractivity contribution in [1.29, 1.82) is 0 Å². The topological polar surface area (TPSA) is 94.3 Å². The summed E-state index contributed by atoms with van der Waals surface area (Å²) in [7, 11) is 1.49. The molecule has 0 saturated heterocycles. The van der Waals surface area contributed by atoms with E-state index in [1.165, 1.54) is 24.2 Å². The van der Waals surface area contributed by atoms with E-state index in [9.17, 15) is 9.59 Å². The van der Waals surface area contributed by atoms with Gasteiger partial charge in [-0.15, -0.1) is 0 Å². The number of aromatic nitrogens is 3. The fourth-order valence-electron chi connectivity index (χ4n) is 1.33. The SMILES string of the molecule is COc1ccc(-n2ccc(=O)c(C(=O)O)n2)cn1. The lowest BCUT2D eigenvalue weighted by atomic mass is 10.3. The van der Waals surface area contributed by atoms with Crippen LogP contribution in [0, 0.1) is 0 Å². The molecular formula is C11H9N3O4. The van der Waals surface area contributed by atoms with Crippen LogP contribution in [0.2, 0.25) is 0 Å². The maximum Gasteiger partial charge on any atom is 0.360 e. The lowest BCUT2D eigenvalue weighted by Crippen LogP contribution is -2.20. The average Bonchev–Trinajstić information content (AvgIpc) is 2.39. The highest BCUT2D eigenvalue weighted by atomic mass is 16.5. The maximum absolute atomic E-state index is 11.3. The summed E-state index contributed by atoms with van der Waals surface area (Å²) in [6, 6.07) is 4.39. The van der Waals surface area contributed by atoms with Crippen molar-refractivity contribution >= 4 is 5.97 Å². The number of hydrogen-bond acceptors (Lipinski definition) is 5. The Morgan fingerprint density at radius 2 is 2.17 bits per heavy atom. The molecule has 0 atom stereocenters. The van der Waals surface area contributed by atoms with E-state index in [0.717, 1.165) is 6.07 Å². The zero-order valence-electron chi connectivity index (χ0n) is 9.40. The smallest absolute Gasteiger partial charge is 0.360 e. The third-order valence-corrected chi connectivity index (χ3v) is 2.21. The van der Waals surface area contributed by atoms with Gasteiger partial charge in [0.05, 0.1) is 19.0 Å². The van der Waals surface area contributed by atoms with Crippen molar-refractivity contribution in [3.8, 4) is 11.6 Å². The summed E-state index contributed by atoms with van der Waals surface area (Å²) < 4.78 is 6.16. The van der Waals surface area contributed by atoms with E-state index in [2.05, 4.69) is 10.1 Å². The number of hydrogen-bond donors (Lipinski definition) is 1. The standard InChI is InChI=1S/C11H9N3O4/c1-18-9-3-2-7(6-12-9)14-5-4-8(15)10(13-14)11(16)17/h2-6H,1H3,(H,16,17). The Labute approximate surface area is 101 Å². The average molecular weight is 247 g/mol. The lowest BCUT2D eigenvalue weighted by Gasteiger charge is -2.05. The monoisotopic (exact) mass is 247 g/mol. The van der Waals surface area contributed by atoms with Crippen molar-refractivity contribution < 1.29 is 14.6 Å². The van der Waals surface area contributed by atoms with Crippen LogP contribution in [0.25, 0.3) is 5.69 Å². The Balaban J connectivity index is 2.47. The van der Waals surface area contributed by atoms with E-state index >= 15 is 0 Å². The van der Waals surface area contributed by atoms with Gasteiger partial charge < -0.3 is 9.84 Å². The van der Waals surface area contributed by atoms with Crippen LogP contribution < -0.4 is 10.2 Å². The molecule has 0 aromatic carbocycles. The highest BCUT2D eigenvalue weighted by Crippen LogP contribution is 2.09. The van der Waals surface area contributed by atoms with Crippen molar-refractivity contribution in [3.05, 3.63) is 46.5 Å². The quantitative estimate of drug-likeness (QED) is 0.840. The summed E-state index contributed by atoms with van der Waals surface area (Å²) in [5.74, 6) is -0.936. The van der Waals surface area contributed by atoms with E-state index < -0.39 is 17.1 Å². The van der Waals surface area contributed by atoms with Crippen LogP contribution in [0.4, 0.5) is 0 Å². The number of rotatable bonds is 3. The van der Waals surface area contributed by atoms with Crippen molar-refractivity contribution in [2.45, 2.75) is 0 Å². The van der Waals surface area contributed by atoms with E-state index in [1.807, 2.05) is 0 Å². The van der Waals surface area contributed by atoms with Crippen LogP contribution in [0.5, 0.6) is 5.88 Å². The molecule has 0 radical (unpaired) electrons. The second-order valence-corrected chi connectivity index (χ2v) is 3.34. The minimum atomic E-state index is -1.36. The fraction of sp³-hybridized carbons (Fsp3) is 0.0909. The predicted octanol–water partition coefficient (Wildman–Crippen LogP) is 0.334. The van der Waals surface area contributed by atoms with Crippen LogP contribution in [0.3, 0.4) is 0 Å². The van der Waals surface area contributed by atoms with Gasteiger partial charge in [-0.3, -0.25) is 4.79 Å². The molecule has 0 aliphatic carbocycles. The number of pyridine rings is 1. The number of carbonyl (C=O) groups is 1. The molecule has 2 heterocycles. The molecule has 2 aromatic rings. The van der Waals surface area contributed by atoms with Crippen molar-refractivity contribution in [2.75, 3.05) is 7.11 Å². The van der Waals surface area contributed by atoms with Crippen molar-refractivity contribution in [1.82, 2.24) is 14.8 Å². The minimum absolute atomic E-state index is 0.429. The first-order valence-corrected chi connectivity index (χ1v) is 4.95. The molecular weight excluding hydrogens is 238 g/mol. The first kappa shape index (κ1) is 11.8. The second kappa shape index (κ2) is 4.66. The summed E-state index contributed by atoms with van der Waals surface area (Å²) >= 11 is 0. The highest BCUT2D eigenvalue weighted by molar-refractivity contribution is 5.84. The van der Waals surface area contributed by atoms with Crippen LogP contribution in [0.1, 0.15) is 10.5 Å². The summed E-state index contributed by atoms with van der Waals surface area (Å²) in [4.78, 5) is 26.0. The zero-order chi connectivity index (χ0) is 13.1. The highest BCUT2D eigenvalue weighted by Gasteiger charge is 2.11. The first-order valence-electron chi connectivity index (χ1n) is 4.95. The van der Waals surface area contributed by atoms with Gasteiger partial charge in [0, 0.05) is 18.3 Å². The van der Waals surface area contributed by atoms with Crippen LogP contribution >= 0.6 is 0 Å². The number of ether oxygens (including phenoxy) is 1. The zero-order valence-corrected chi connectivity index (χ0v) is 9.40. The maximum atomic E-state index is 11.3. The van der Waals surface area contributed by atoms with Gasteiger partial charge in [-0.05, 0) is 6.07 Å². The summed E-state index contributed by atoms with van der Waals surface area (Å²) in [6.45, 7) is 0. The molecule has 7 heteroatoms. The molecule has 0 spiro atoms. The van der Waals surface area contributed by atoms with E-state index in [-0.39, 0.29) is 0 Å². The number of nitrogens with zero attached hydrogens (tertiary/aromatic N) is 3. The number of carboxylic acids is 1. The number of carboxylic acid groups (broad SMARTS) is 1. The Morgan fingerprint density at radius 1 is 1.39 bits per heavy atom. The molecule has 0 aliphatic heterocycles. The van der Waals surface area contributed by atoms with Gasteiger partial charge in [-0.2, -0.15) is 5.10 Å². The molecule has 18 heavy (non-hydrogen) atoms. The molecule has 0 aliphatic rings. The third-order valence-electron chi connectivity index (χ3n) is 2.21. The van der Waals surface area contributed by atoms with Crippen molar-refractivity contribution in [3.63, 3.8) is 0 Å². The molecule has 1 N–H and O–H groups in total. The van der Waals surface area contributed by atoms with Gasteiger partial charge in [0.25, 0.3) is 0 Å². The molecule has 0 amide bonds. The number of methoxy groups -OCH3 is 1. The van der Waals surface area contributed by atoms with Crippen molar-refractivity contribution in [2.24, 2.45) is 0 Å². The van der Waals surface area contributed by atoms with Crippen LogP contribution in [0.15, 0.2) is 35.4 Å². The molecule has 0 bridgehead atoms. The van der Waals surface area contributed by atoms with Gasteiger partial charge in [0.2, 0.25) is 17.0 Å². The Kier molecular flexibility index (Phi) is 3.05. The van der Waals surface area contributed by atoms with E-state index in [4.69, 9.17) is 9.84 Å². The lowest BCUT2D eigenvalue weighted by molar-refractivity contribution is 0.0687. The van der Waals surface area contributed by atoms with Gasteiger partial charge in [-0.25, -0.2) is 14.5 Å². The first-order chi connectivity index (χ1) is 8.61. The fourth-order valence-corrected chi connectivity index (χ4v) is 1.33. The Hall–Kier alpha value is -2.70. The predicted molar refractivity (Wildman–Crippen MR) is 61.1 cm³/mol.